The van der Waals surface area contributed by atoms with Crippen LogP contribution in [0.15, 0.2) is 71.8 Å². The molecule has 186 valence electrons. The van der Waals surface area contributed by atoms with E-state index < -0.39 is 14.1 Å². The average molecular weight is 489 g/mol. The molecule has 0 aromatic heterocycles. The van der Waals surface area contributed by atoms with E-state index >= 15 is 0 Å². The van der Waals surface area contributed by atoms with Crippen molar-refractivity contribution in [1.29, 1.82) is 0 Å². The molecule has 0 radical (unpaired) electrons. The molecule has 1 heterocycles. The summed E-state index contributed by atoms with van der Waals surface area (Å²) in [4.78, 5) is 0. The second kappa shape index (κ2) is 9.71. The van der Waals surface area contributed by atoms with E-state index in [0.29, 0.717) is 13.2 Å². The van der Waals surface area contributed by atoms with Gasteiger partial charge in [0.15, 0.2) is 5.79 Å². The zero-order valence-corrected chi connectivity index (χ0v) is 23.4. The highest BCUT2D eigenvalue weighted by molar-refractivity contribution is 6.99. The van der Waals surface area contributed by atoms with Gasteiger partial charge in [-0.25, -0.2) is 0 Å². The number of allylic oxidation sites excluding steroid dienone is 1. The predicted molar refractivity (Wildman–Crippen MR) is 146 cm³/mol. The standard InChI is InChI=1S/C31H40O3Si/c1-24-22-31(32-20-21-33-31)23-30(6,7)28(24)19-18-25(2)34-35(29(3,4)5,26-14-10-8-11-15-26)27-16-12-9-13-17-27/h8-17,25H,20-23H2,1-7H3. The molecule has 35 heavy (non-hydrogen) atoms. The minimum Gasteiger partial charge on any atom is -0.394 e. The van der Waals surface area contributed by atoms with E-state index in [-0.39, 0.29) is 16.6 Å². The fraction of sp³-hybridized carbons (Fsp3) is 0.484. The van der Waals surface area contributed by atoms with E-state index in [1.165, 1.54) is 21.5 Å². The molecule has 1 atom stereocenters. The van der Waals surface area contributed by atoms with Crippen LogP contribution in [0.4, 0.5) is 0 Å². The van der Waals surface area contributed by atoms with Gasteiger partial charge < -0.3 is 13.9 Å². The van der Waals surface area contributed by atoms with Crippen molar-refractivity contribution in [3.63, 3.8) is 0 Å². The van der Waals surface area contributed by atoms with E-state index in [1.807, 2.05) is 0 Å². The van der Waals surface area contributed by atoms with Gasteiger partial charge in [0, 0.05) is 23.8 Å². The summed E-state index contributed by atoms with van der Waals surface area (Å²) in [5.74, 6) is 6.59. The highest BCUT2D eigenvalue weighted by atomic mass is 28.4. The third kappa shape index (κ3) is 5.06. The molecule has 2 aromatic carbocycles. The highest BCUT2D eigenvalue weighted by Gasteiger charge is 2.51. The number of hydrogen-bond acceptors (Lipinski definition) is 3. The number of rotatable bonds is 4. The Morgan fingerprint density at radius 1 is 0.914 bits per heavy atom. The number of benzene rings is 2. The SMILES string of the molecule is CC1=C(C#CC(C)O[Si](c2ccccc2)(c2ccccc2)C(C)(C)C)C(C)(C)CC2(C1)OCCO2. The molecule has 3 nitrogen and oxygen atoms in total. The van der Waals surface area contributed by atoms with Crippen LogP contribution < -0.4 is 10.4 Å². The van der Waals surface area contributed by atoms with Crippen LogP contribution in [0.3, 0.4) is 0 Å². The highest BCUT2D eigenvalue weighted by Crippen LogP contribution is 2.48. The van der Waals surface area contributed by atoms with Crippen LogP contribution in [0.25, 0.3) is 0 Å². The lowest BCUT2D eigenvalue weighted by Crippen LogP contribution is -2.67. The quantitative estimate of drug-likeness (QED) is 0.400. The first-order chi connectivity index (χ1) is 16.5. The minimum absolute atomic E-state index is 0.0749. The molecule has 1 aliphatic heterocycles. The topological polar surface area (TPSA) is 27.7 Å². The molecule has 2 aliphatic rings. The average Bonchev–Trinajstić information content (AvgIpc) is 3.23. The van der Waals surface area contributed by atoms with Crippen molar-refractivity contribution in [1.82, 2.24) is 0 Å². The molecular weight excluding hydrogens is 448 g/mol. The van der Waals surface area contributed by atoms with Crippen molar-refractivity contribution in [2.45, 2.75) is 78.2 Å². The Kier molecular flexibility index (Phi) is 7.19. The van der Waals surface area contributed by atoms with Crippen molar-refractivity contribution in [2.75, 3.05) is 13.2 Å². The first-order valence-electron chi connectivity index (χ1n) is 12.8. The predicted octanol–water partition coefficient (Wildman–Crippen LogP) is 5.83. The Hall–Kier alpha value is -2.16. The fourth-order valence-electron chi connectivity index (χ4n) is 6.03. The Bertz CT molecular complexity index is 1070. The van der Waals surface area contributed by atoms with Crippen LogP contribution in [-0.4, -0.2) is 33.4 Å². The molecule has 0 bridgehead atoms. The minimum atomic E-state index is -2.64. The Morgan fingerprint density at radius 3 is 1.89 bits per heavy atom. The lowest BCUT2D eigenvalue weighted by molar-refractivity contribution is -0.178. The van der Waals surface area contributed by atoms with Crippen LogP contribution in [0, 0.1) is 17.3 Å². The monoisotopic (exact) mass is 488 g/mol. The summed E-state index contributed by atoms with van der Waals surface area (Å²) >= 11 is 0. The molecule has 1 aliphatic carbocycles. The van der Waals surface area contributed by atoms with Gasteiger partial charge in [0.2, 0.25) is 0 Å². The van der Waals surface area contributed by atoms with E-state index in [1.54, 1.807) is 0 Å². The molecule has 4 heteroatoms. The van der Waals surface area contributed by atoms with Gasteiger partial charge in [-0.3, -0.25) is 0 Å². The van der Waals surface area contributed by atoms with Gasteiger partial charge in [-0.2, -0.15) is 0 Å². The smallest absolute Gasteiger partial charge is 0.262 e. The van der Waals surface area contributed by atoms with Crippen LogP contribution in [-0.2, 0) is 13.9 Å². The maximum Gasteiger partial charge on any atom is 0.262 e. The molecular formula is C31H40O3Si. The van der Waals surface area contributed by atoms with E-state index in [9.17, 15) is 0 Å². The third-order valence-corrected chi connectivity index (χ3v) is 12.4. The first kappa shape index (κ1) is 25.9. The normalized spacial score (nSPS) is 20.4. The molecule has 2 aromatic rings. The van der Waals surface area contributed by atoms with Crippen molar-refractivity contribution in [2.24, 2.45) is 5.41 Å². The van der Waals surface area contributed by atoms with Crippen LogP contribution in [0.1, 0.15) is 61.3 Å². The first-order valence-corrected chi connectivity index (χ1v) is 14.7. The van der Waals surface area contributed by atoms with Crippen LogP contribution in [0.5, 0.6) is 0 Å². The summed E-state index contributed by atoms with van der Waals surface area (Å²) in [7, 11) is -2.64. The van der Waals surface area contributed by atoms with Crippen molar-refractivity contribution in [3.8, 4) is 11.8 Å². The third-order valence-electron chi connectivity index (χ3n) is 7.33. The van der Waals surface area contributed by atoms with Gasteiger partial charge in [0.05, 0.1) is 13.2 Å². The summed E-state index contributed by atoms with van der Waals surface area (Å²) in [6.07, 6.45) is 1.39. The fourth-order valence-corrected chi connectivity index (χ4v) is 10.6. The molecule has 1 saturated heterocycles. The van der Waals surface area contributed by atoms with Gasteiger partial charge in [-0.05, 0) is 29.3 Å². The van der Waals surface area contributed by atoms with Gasteiger partial charge in [0.25, 0.3) is 8.32 Å². The van der Waals surface area contributed by atoms with E-state index in [0.717, 1.165) is 12.8 Å². The molecule has 1 unspecified atom stereocenters. The van der Waals surface area contributed by atoms with E-state index in [4.69, 9.17) is 13.9 Å². The van der Waals surface area contributed by atoms with Gasteiger partial charge in [-0.1, -0.05) is 113 Å². The van der Waals surface area contributed by atoms with E-state index in [2.05, 4.69) is 121 Å². The van der Waals surface area contributed by atoms with Crippen molar-refractivity contribution >= 4 is 18.7 Å². The Labute approximate surface area is 213 Å². The Morgan fingerprint density at radius 2 is 1.43 bits per heavy atom. The summed E-state index contributed by atoms with van der Waals surface area (Å²) in [6.45, 7) is 17.0. The Balaban J connectivity index is 1.71. The van der Waals surface area contributed by atoms with Gasteiger partial charge in [0.1, 0.15) is 6.10 Å². The molecule has 0 N–H and O–H groups in total. The van der Waals surface area contributed by atoms with Crippen LogP contribution >= 0.6 is 0 Å². The van der Waals surface area contributed by atoms with Gasteiger partial charge in [-0.15, -0.1) is 0 Å². The molecule has 0 saturated carbocycles. The summed E-state index contributed by atoms with van der Waals surface area (Å²) < 4.78 is 19.2. The summed E-state index contributed by atoms with van der Waals surface area (Å²) in [5, 5.41) is 2.48. The van der Waals surface area contributed by atoms with Crippen molar-refractivity contribution < 1.29 is 13.9 Å². The maximum absolute atomic E-state index is 7.16. The molecule has 4 rings (SSSR count). The second-order valence-corrected chi connectivity index (χ2v) is 15.9. The molecule has 0 amide bonds. The lowest BCUT2D eigenvalue weighted by atomic mass is 9.70. The number of ether oxygens (including phenoxy) is 2. The summed E-state index contributed by atoms with van der Waals surface area (Å²) in [5.41, 5.74) is 2.34. The lowest BCUT2D eigenvalue weighted by Gasteiger charge is -2.44. The number of hydrogen-bond donors (Lipinski definition) is 0. The van der Waals surface area contributed by atoms with Crippen molar-refractivity contribution in [3.05, 3.63) is 71.8 Å². The second-order valence-electron chi connectivity index (χ2n) is 11.7. The molecule has 1 spiro atoms. The summed E-state index contributed by atoms with van der Waals surface area (Å²) in [6, 6.07) is 21.5. The van der Waals surface area contributed by atoms with Gasteiger partial charge >= 0.3 is 0 Å². The maximum atomic E-state index is 7.16. The molecule has 1 fully saturated rings. The zero-order valence-electron chi connectivity index (χ0n) is 22.4. The zero-order chi connectivity index (χ0) is 25.3. The largest absolute Gasteiger partial charge is 0.394 e. The van der Waals surface area contributed by atoms with Crippen LogP contribution in [0.2, 0.25) is 5.04 Å².